The van der Waals surface area contributed by atoms with E-state index in [2.05, 4.69) is 0 Å². The Hall–Kier alpha value is -1.06. The van der Waals surface area contributed by atoms with Crippen LogP contribution in [0.5, 0.6) is 5.75 Å². The van der Waals surface area contributed by atoms with Crippen LogP contribution in [0.2, 0.25) is 0 Å². The van der Waals surface area contributed by atoms with E-state index in [9.17, 15) is 9.59 Å². The molecule has 0 fully saturated rings. The van der Waals surface area contributed by atoms with E-state index in [1.54, 1.807) is 19.1 Å². The summed E-state index contributed by atoms with van der Waals surface area (Å²) in [6.45, 7) is 3.13. The molecule has 0 N–H and O–H groups in total. The number of benzene rings is 1. The quantitative estimate of drug-likeness (QED) is 0.367. The molecule has 17 heavy (non-hydrogen) atoms. The van der Waals surface area contributed by atoms with Gasteiger partial charge in [-0.25, -0.2) is 0 Å². The van der Waals surface area contributed by atoms with Crippen molar-refractivity contribution in [2.24, 2.45) is 0 Å². The van der Waals surface area contributed by atoms with Crippen LogP contribution in [-0.4, -0.2) is 22.5 Å². The molecule has 0 saturated carbocycles. The highest BCUT2D eigenvalue weighted by molar-refractivity contribution is 6.33. The van der Waals surface area contributed by atoms with Gasteiger partial charge in [0, 0.05) is 5.56 Å². The average Bonchev–Trinajstić information content (AvgIpc) is 2.28. The van der Waals surface area contributed by atoms with E-state index in [4.69, 9.17) is 27.9 Å². The second-order valence-corrected chi connectivity index (χ2v) is 4.85. The van der Waals surface area contributed by atoms with Crippen LogP contribution in [0.4, 0.5) is 0 Å². The fraction of sp³-hybridized carbons (Fsp3) is 0.333. The Morgan fingerprint density at radius 2 is 1.59 bits per heavy atom. The maximum atomic E-state index is 11.5. The molecule has 2 atom stereocenters. The molecule has 0 radical (unpaired) electrons. The second-order valence-electron chi connectivity index (χ2n) is 3.54. The molecule has 0 bridgehead atoms. The van der Waals surface area contributed by atoms with Crippen molar-refractivity contribution in [3.8, 4) is 5.75 Å². The van der Waals surface area contributed by atoms with Crippen molar-refractivity contribution in [1.29, 1.82) is 0 Å². The third-order valence-corrected chi connectivity index (χ3v) is 2.42. The number of ether oxygens (including phenoxy) is 1. The number of ketones is 1. The molecule has 1 aromatic rings. The summed E-state index contributed by atoms with van der Waals surface area (Å²) in [4.78, 5) is 22.7. The predicted molar refractivity (Wildman–Crippen MR) is 67.0 cm³/mol. The van der Waals surface area contributed by atoms with E-state index in [1.807, 2.05) is 0 Å². The van der Waals surface area contributed by atoms with E-state index in [0.717, 1.165) is 0 Å². The summed E-state index contributed by atoms with van der Waals surface area (Å²) in [7, 11) is 0. The zero-order valence-electron chi connectivity index (χ0n) is 9.44. The fourth-order valence-corrected chi connectivity index (χ4v) is 1.28. The van der Waals surface area contributed by atoms with Crippen LogP contribution in [0.25, 0.3) is 0 Å². The van der Waals surface area contributed by atoms with Crippen LogP contribution < -0.4 is 4.74 Å². The van der Waals surface area contributed by atoms with Crippen LogP contribution >= 0.6 is 23.2 Å². The minimum absolute atomic E-state index is 0.171. The smallest absolute Gasteiger partial charge is 0.329 e. The molecule has 0 aliphatic heterocycles. The molecule has 0 aliphatic rings. The Bertz CT molecular complexity index is 410. The van der Waals surface area contributed by atoms with Gasteiger partial charge < -0.3 is 4.74 Å². The van der Waals surface area contributed by atoms with Gasteiger partial charge >= 0.3 is 5.97 Å². The average molecular weight is 275 g/mol. The maximum absolute atomic E-state index is 11.5. The molecule has 0 amide bonds. The van der Waals surface area contributed by atoms with Crippen molar-refractivity contribution in [3.05, 3.63) is 29.8 Å². The Labute approximate surface area is 110 Å². The lowest BCUT2D eigenvalue weighted by Gasteiger charge is -2.06. The summed E-state index contributed by atoms with van der Waals surface area (Å²) in [6.07, 6.45) is 0. The van der Waals surface area contributed by atoms with Crippen molar-refractivity contribution >= 4 is 35.0 Å². The molecule has 0 aromatic heterocycles. The molecule has 0 aliphatic carbocycles. The Morgan fingerprint density at radius 3 is 2.00 bits per heavy atom. The van der Waals surface area contributed by atoms with Crippen molar-refractivity contribution < 1.29 is 14.3 Å². The van der Waals surface area contributed by atoms with Gasteiger partial charge in [0.05, 0.1) is 5.38 Å². The predicted octanol–water partition coefficient (Wildman–Crippen LogP) is 3.03. The molecule has 92 valence electrons. The number of esters is 1. The Kier molecular flexibility index (Phi) is 4.97. The SMILES string of the molecule is C[C@H](Cl)C(=O)c1ccc(OC(=O)[C@@H](C)Cl)cc1. The highest BCUT2D eigenvalue weighted by Gasteiger charge is 2.14. The van der Waals surface area contributed by atoms with Crippen LogP contribution in [0, 0.1) is 0 Å². The first-order chi connectivity index (χ1) is 7.91. The van der Waals surface area contributed by atoms with E-state index in [0.29, 0.717) is 11.3 Å². The molecular formula is C12H12Cl2O3. The van der Waals surface area contributed by atoms with Crippen molar-refractivity contribution in [2.75, 3.05) is 0 Å². The van der Waals surface area contributed by atoms with E-state index in [1.165, 1.54) is 19.1 Å². The molecule has 0 spiro atoms. The first kappa shape index (κ1) is 14.0. The summed E-state index contributed by atoms with van der Waals surface area (Å²) >= 11 is 11.2. The topological polar surface area (TPSA) is 43.4 Å². The largest absolute Gasteiger partial charge is 0.425 e. The van der Waals surface area contributed by atoms with Crippen LogP contribution in [0.3, 0.4) is 0 Å². The first-order valence-corrected chi connectivity index (χ1v) is 5.93. The van der Waals surface area contributed by atoms with Crippen molar-refractivity contribution in [2.45, 2.75) is 24.6 Å². The number of alkyl halides is 2. The number of carbonyl (C=O) groups is 2. The molecule has 0 saturated heterocycles. The molecule has 0 heterocycles. The fourth-order valence-electron chi connectivity index (χ4n) is 1.11. The monoisotopic (exact) mass is 274 g/mol. The van der Waals surface area contributed by atoms with Gasteiger partial charge in [-0.1, -0.05) is 0 Å². The summed E-state index contributed by atoms with van der Waals surface area (Å²) in [5.41, 5.74) is 0.478. The first-order valence-electron chi connectivity index (χ1n) is 5.06. The number of Topliss-reactive ketones (excluding diaryl/α,β-unsaturated/α-hetero) is 1. The van der Waals surface area contributed by atoms with Gasteiger partial charge in [-0.3, -0.25) is 9.59 Å². The summed E-state index contributed by atoms with van der Waals surface area (Å²) in [6, 6.07) is 6.18. The molecule has 0 unspecified atom stereocenters. The van der Waals surface area contributed by atoms with Crippen LogP contribution in [0.1, 0.15) is 24.2 Å². The van der Waals surface area contributed by atoms with E-state index >= 15 is 0 Å². The van der Waals surface area contributed by atoms with Gasteiger partial charge in [-0.05, 0) is 38.1 Å². The lowest BCUT2D eigenvalue weighted by Crippen LogP contribution is -2.17. The van der Waals surface area contributed by atoms with Crippen LogP contribution in [0.15, 0.2) is 24.3 Å². The third-order valence-electron chi connectivity index (χ3n) is 2.04. The number of hydrogen-bond acceptors (Lipinski definition) is 3. The Balaban J connectivity index is 2.75. The number of carbonyl (C=O) groups excluding carboxylic acids is 2. The maximum Gasteiger partial charge on any atom is 0.329 e. The van der Waals surface area contributed by atoms with E-state index in [-0.39, 0.29) is 5.78 Å². The van der Waals surface area contributed by atoms with Gasteiger partial charge in [0.1, 0.15) is 11.1 Å². The lowest BCUT2D eigenvalue weighted by molar-refractivity contribution is -0.133. The minimum atomic E-state index is -0.709. The standard InChI is InChI=1S/C12H12Cl2O3/c1-7(13)11(15)9-3-5-10(6-4-9)17-12(16)8(2)14/h3-8H,1-2H3/t7-,8+/m0/s1. The van der Waals surface area contributed by atoms with Crippen molar-refractivity contribution in [1.82, 2.24) is 0 Å². The minimum Gasteiger partial charge on any atom is -0.425 e. The molecular weight excluding hydrogens is 263 g/mol. The Morgan fingerprint density at radius 1 is 1.06 bits per heavy atom. The van der Waals surface area contributed by atoms with E-state index < -0.39 is 16.7 Å². The van der Waals surface area contributed by atoms with Crippen molar-refractivity contribution in [3.63, 3.8) is 0 Å². The number of rotatable bonds is 4. The molecule has 1 aromatic carbocycles. The normalized spacial score (nSPS) is 13.9. The van der Waals surface area contributed by atoms with Gasteiger partial charge in [0.2, 0.25) is 0 Å². The zero-order valence-corrected chi connectivity index (χ0v) is 11.0. The summed E-state index contributed by atoms with van der Waals surface area (Å²) in [5, 5.41) is -1.29. The summed E-state index contributed by atoms with van der Waals surface area (Å²) in [5.74, 6) is -0.354. The second kappa shape index (κ2) is 6.03. The third kappa shape index (κ3) is 4.02. The highest BCUT2D eigenvalue weighted by Crippen LogP contribution is 2.16. The molecule has 5 heteroatoms. The zero-order chi connectivity index (χ0) is 13.0. The molecule has 1 rings (SSSR count). The van der Waals surface area contributed by atoms with Gasteiger partial charge in [-0.15, -0.1) is 23.2 Å². The van der Waals surface area contributed by atoms with Gasteiger partial charge in [-0.2, -0.15) is 0 Å². The lowest BCUT2D eigenvalue weighted by atomic mass is 10.1. The van der Waals surface area contributed by atoms with Gasteiger partial charge in [0.15, 0.2) is 5.78 Å². The molecule has 3 nitrogen and oxygen atoms in total. The highest BCUT2D eigenvalue weighted by atomic mass is 35.5. The van der Waals surface area contributed by atoms with Crippen LogP contribution in [-0.2, 0) is 4.79 Å². The number of hydrogen-bond donors (Lipinski definition) is 0. The van der Waals surface area contributed by atoms with Gasteiger partial charge in [0.25, 0.3) is 0 Å². The summed E-state index contributed by atoms with van der Waals surface area (Å²) < 4.78 is 4.96. The number of halogens is 2.